The predicted octanol–water partition coefficient (Wildman–Crippen LogP) is 2.54. The summed E-state index contributed by atoms with van der Waals surface area (Å²) in [5.74, 6) is 0.137. The fraction of sp³-hybridized carbons (Fsp3) is 0.588. The Kier molecular flexibility index (Phi) is 8.51. The molecule has 1 amide bonds. The number of nitrogens with two attached hydrogens (primary N) is 1. The maximum Gasteiger partial charge on any atom is 0.219 e. The molecule has 0 aliphatic rings. The topological polar surface area (TPSA) is 58.4 Å². The molecule has 0 fully saturated rings. The van der Waals surface area contributed by atoms with Crippen LogP contribution in [0.4, 0.5) is 5.69 Å². The molecule has 0 aliphatic carbocycles. The summed E-state index contributed by atoms with van der Waals surface area (Å²) in [6.07, 6.45) is 3.32. The van der Waals surface area contributed by atoms with Crippen molar-refractivity contribution >= 4 is 11.6 Å². The standard InChI is InChI=1S/C17H29N3O/c1-3-20(16-10-5-4-6-11-16)14-8-13-19-17(21)12-7-9-15(2)18/h4-6,10-11,15H,3,7-9,12-14,18H2,1-2H3,(H,19,21). The molecular weight excluding hydrogens is 262 g/mol. The number of carbonyl (C=O) groups excluding carboxylic acids is 1. The molecule has 0 saturated carbocycles. The van der Waals surface area contributed by atoms with Gasteiger partial charge in [0.25, 0.3) is 0 Å². The maximum absolute atomic E-state index is 11.6. The van der Waals surface area contributed by atoms with Crippen molar-refractivity contribution in [2.45, 2.75) is 45.6 Å². The van der Waals surface area contributed by atoms with Crippen LogP contribution in [0.2, 0.25) is 0 Å². The lowest BCUT2D eigenvalue weighted by Gasteiger charge is -2.23. The van der Waals surface area contributed by atoms with Gasteiger partial charge in [-0.05, 0) is 45.2 Å². The van der Waals surface area contributed by atoms with Crippen LogP contribution < -0.4 is 16.0 Å². The minimum atomic E-state index is 0.137. The lowest BCUT2D eigenvalue weighted by atomic mass is 10.1. The van der Waals surface area contributed by atoms with Crippen LogP contribution in [0, 0.1) is 0 Å². The van der Waals surface area contributed by atoms with E-state index < -0.39 is 0 Å². The Morgan fingerprint density at radius 3 is 2.62 bits per heavy atom. The van der Waals surface area contributed by atoms with Gasteiger partial charge in [-0.3, -0.25) is 4.79 Å². The summed E-state index contributed by atoms with van der Waals surface area (Å²) in [7, 11) is 0. The van der Waals surface area contributed by atoms with E-state index >= 15 is 0 Å². The zero-order chi connectivity index (χ0) is 15.5. The molecule has 1 aromatic rings. The minimum absolute atomic E-state index is 0.137. The molecule has 0 radical (unpaired) electrons. The zero-order valence-corrected chi connectivity index (χ0v) is 13.3. The Morgan fingerprint density at radius 2 is 2.00 bits per heavy atom. The molecule has 1 unspecified atom stereocenters. The lowest BCUT2D eigenvalue weighted by molar-refractivity contribution is -0.121. The SMILES string of the molecule is CCN(CCCNC(=O)CCCC(C)N)c1ccccc1. The second-order valence-electron chi connectivity index (χ2n) is 5.49. The van der Waals surface area contributed by atoms with Gasteiger partial charge in [-0.15, -0.1) is 0 Å². The van der Waals surface area contributed by atoms with Crippen LogP contribution in [0.3, 0.4) is 0 Å². The van der Waals surface area contributed by atoms with Crippen LogP contribution in [0.5, 0.6) is 0 Å². The van der Waals surface area contributed by atoms with Gasteiger partial charge in [0.15, 0.2) is 0 Å². The van der Waals surface area contributed by atoms with Crippen molar-refractivity contribution < 1.29 is 4.79 Å². The summed E-state index contributed by atoms with van der Waals surface area (Å²) < 4.78 is 0. The quantitative estimate of drug-likeness (QED) is 0.651. The molecule has 0 aliphatic heterocycles. The maximum atomic E-state index is 11.6. The average Bonchev–Trinajstić information content (AvgIpc) is 2.48. The number of benzene rings is 1. The van der Waals surface area contributed by atoms with Gasteiger partial charge in [-0.2, -0.15) is 0 Å². The second kappa shape index (κ2) is 10.2. The fourth-order valence-corrected chi connectivity index (χ4v) is 2.28. The number of hydrogen-bond acceptors (Lipinski definition) is 3. The third kappa shape index (κ3) is 7.71. The molecule has 0 aromatic heterocycles. The monoisotopic (exact) mass is 291 g/mol. The number of rotatable bonds is 10. The number of hydrogen-bond donors (Lipinski definition) is 2. The molecule has 1 aromatic carbocycles. The molecule has 3 N–H and O–H groups in total. The smallest absolute Gasteiger partial charge is 0.219 e. The van der Waals surface area contributed by atoms with E-state index in [4.69, 9.17) is 5.73 Å². The van der Waals surface area contributed by atoms with E-state index in [1.54, 1.807) is 0 Å². The Hall–Kier alpha value is -1.55. The summed E-state index contributed by atoms with van der Waals surface area (Å²) >= 11 is 0. The van der Waals surface area contributed by atoms with Crippen molar-refractivity contribution in [1.29, 1.82) is 0 Å². The van der Waals surface area contributed by atoms with Crippen LogP contribution in [0.1, 0.15) is 39.5 Å². The Balaban J connectivity index is 2.16. The number of nitrogens with zero attached hydrogens (tertiary/aromatic N) is 1. The van der Waals surface area contributed by atoms with Crippen LogP contribution >= 0.6 is 0 Å². The zero-order valence-electron chi connectivity index (χ0n) is 13.3. The molecule has 1 atom stereocenters. The van der Waals surface area contributed by atoms with E-state index in [0.29, 0.717) is 6.42 Å². The van der Waals surface area contributed by atoms with Crippen LogP contribution in [0.15, 0.2) is 30.3 Å². The van der Waals surface area contributed by atoms with Gasteiger partial charge in [0, 0.05) is 37.8 Å². The van der Waals surface area contributed by atoms with Crippen LogP contribution in [-0.2, 0) is 4.79 Å². The number of carbonyl (C=O) groups is 1. The van der Waals surface area contributed by atoms with Gasteiger partial charge in [-0.1, -0.05) is 18.2 Å². The number of nitrogens with one attached hydrogen (secondary N) is 1. The molecule has 118 valence electrons. The first-order valence-corrected chi connectivity index (χ1v) is 7.95. The Labute approximate surface area is 128 Å². The summed E-state index contributed by atoms with van der Waals surface area (Å²) in [4.78, 5) is 14.0. The van der Waals surface area contributed by atoms with Crippen molar-refractivity contribution in [2.75, 3.05) is 24.5 Å². The van der Waals surface area contributed by atoms with Crippen LogP contribution in [-0.4, -0.2) is 31.6 Å². The van der Waals surface area contributed by atoms with E-state index in [2.05, 4.69) is 41.4 Å². The number of anilines is 1. The summed E-state index contributed by atoms with van der Waals surface area (Å²) in [5.41, 5.74) is 6.91. The highest BCUT2D eigenvalue weighted by atomic mass is 16.1. The first-order chi connectivity index (χ1) is 10.1. The highest BCUT2D eigenvalue weighted by molar-refractivity contribution is 5.75. The first-order valence-electron chi connectivity index (χ1n) is 7.95. The van der Waals surface area contributed by atoms with E-state index in [-0.39, 0.29) is 11.9 Å². The highest BCUT2D eigenvalue weighted by Crippen LogP contribution is 2.12. The molecule has 1 rings (SSSR count). The Morgan fingerprint density at radius 1 is 1.29 bits per heavy atom. The molecular formula is C17H29N3O. The van der Waals surface area contributed by atoms with Crippen molar-refractivity contribution in [3.63, 3.8) is 0 Å². The van der Waals surface area contributed by atoms with E-state index in [1.165, 1.54) is 5.69 Å². The van der Waals surface area contributed by atoms with Gasteiger partial charge < -0.3 is 16.0 Å². The van der Waals surface area contributed by atoms with Gasteiger partial charge in [0.2, 0.25) is 5.91 Å². The molecule has 0 spiro atoms. The number of para-hydroxylation sites is 1. The summed E-state index contributed by atoms with van der Waals surface area (Å²) in [5, 5.41) is 2.98. The Bertz CT molecular complexity index is 392. The molecule has 0 bridgehead atoms. The number of amides is 1. The third-order valence-corrected chi connectivity index (χ3v) is 3.49. The van der Waals surface area contributed by atoms with Crippen LogP contribution in [0.25, 0.3) is 0 Å². The van der Waals surface area contributed by atoms with Crippen molar-refractivity contribution in [3.05, 3.63) is 30.3 Å². The lowest BCUT2D eigenvalue weighted by Crippen LogP contribution is -2.30. The fourth-order valence-electron chi connectivity index (χ4n) is 2.28. The highest BCUT2D eigenvalue weighted by Gasteiger charge is 2.05. The van der Waals surface area contributed by atoms with Crippen molar-refractivity contribution in [1.82, 2.24) is 5.32 Å². The van der Waals surface area contributed by atoms with Crippen molar-refractivity contribution in [3.8, 4) is 0 Å². The normalized spacial score (nSPS) is 12.0. The largest absolute Gasteiger partial charge is 0.372 e. The molecule has 0 heterocycles. The van der Waals surface area contributed by atoms with Crippen molar-refractivity contribution in [2.24, 2.45) is 5.73 Å². The second-order valence-corrected chi connectivity index (χ2v) is 5.49. The minimum Gasteiger partial charge on any atom is -0.372 e. The molecule has 0 saturated heterocycles. The van der Waals surface area contributed by atoms with E-state index in [1.807, 2.05) is 13.0 Å². The van der Waals surface area contributed by atoms with Gasteiger partial charge in [0.05, 0.1) is 0 Å². The molecule has 21 heavy (non-hydrogen) atoms. The molecule has 4 nitrogen and oxygen atoms in total. The van der Waals surface area contributed by atoms with E-state index in [0.717, 1.165) is 38.9 Å². The van der Waals surface area contributed by atoms with Gasteiger partial charge in [-0.25, -0.2) is 0 Å². The van der Waals surface area contributed by atoms with Gasteiger partial charge >= 0.3 is 0 Å². The predicted molar refractivity (Wildman–Crippen MR) is 89.5 cm³/mol. The molecule has 4 heteroatoms. The summed E-state index contributed by atoms with van der Waals surface area (Å²) in [6, 6.07) is 10.6. The average molecular weight is 291 g/mol. The van der Waals surface area contributed by atoms with Gasteiger partial charge in [0.1, 0.15) is 0 Å². The van der Waals surface area contributed by atoms with E-state index in [9.17, 15) is 4.79 Å². The third-order valence-electron chi connectivity index (χ3n) is 3.49. The summed E-state index contributed by atoms with van der Waals surface area (Å²) in [6.45, 7) is 6.80. The first kappa shape index (κ1) is 17.5.